The lowest BCUT2D eigenvalue weighted by Gasteiger charge is -2.35. The summed E-state index contributed by atoms with van der Waals surface area (Å²) in [5.41, 5.74) is 0. The first kappa shape index (κ1) is 33.3. The van der Waals surface area contributed by atoms with E-state index >= 15 is 0 Å². The molecule has 160 valence electrons. The molecule has 0 aromatic heterocycles. The number of hydrogen-bond acceptors (Lipinski definition) is 0. The zero-order chi connectivity index (χ0) is 20.3. The molecule has 0 aromatic rings. The van der Waals surface area contributed by atoms with E-state index in [9.17, 15) is 0 Å². The number of rotatable bonds is 16. The van der Waals surface area contributed by atoms with Crippen LogP contribution in [0.1, 0.15) is 0 Å². The van der Waals surface area contributed by atoms with Gasteiger partial charge in [-0.3, -0.25) is 0 Å². The summed E-state index contributed by atoms with van der Waals surface area (Å²) in [6.45, 7) is 37.7. The molecule has 0 rings (SSSR count). The van der Waals surface area contributed by atoms with Gasteiger partial charge < -0.3 is 18.4 Å². The Morgan fingerprint density at radius 2 is 0.429 bits per heavy atom. The molecule has 0 amide bonds. The Morgan fingerprint density at radius 1 is 0.321 bits per heavy atom. The molecule has 2 nitrogen and oxygen atoms in total. The minimum Gasteiger partial charge on any atom is -1.00 e. The monoisotopic (exact) mass is 394 g/mol. The quantitative estimate of drug-likeness (QED) is 0.235. The average molecular weight is 395 g/mol. The summed E-state index contributed by atoms with van der Waals surface area (Å²) < 4.78 is 1.81. The van der Waals surface area contributed by atoms with Crippen molar-refractivity contribution in [3.05, 3.63) is 101 Å². The molecule has 0 radical (unpaired) electrons. The molecule has 0 bridgehead atoms. The number of nitrogens with zero attached hydrogens (tertiary/aromatic N) is 2. The van der Waals surface area contributed by atoms with Gasteiger partial charge in [-0.25, -0.2) is 0 Å². The van der Waals surface area contributed by atoms with E-state index in [4.69, 9.17) is 0 Å². The van der Waals surface area contributed by atoms with Gasteiger partial charge in [-0.05, 0) is 48.6 Å². The second-order valence-corrected chi connectivity index (χ2v) is 6.45. The maximum Gasteiger partial charge on any atom is 0.0978 e. The summed E-state index contributed by atoms with van der Waals surface area (Å²) in [5, 5.41) is 0. The van der Waals surface area contributed by atoms with Crippen LogP contribution in [0.3, 0.4) is 0 Å². The van der Waals surface area contributed by atoms with E-state index in [1.54, 1.807) is 0 Å². The molecule has 0 aromatic carbocycles. The summed E-state index contributed by atoms with van der Waals surface area (Å²) in [5.74, 6) is 0. The fraction of sp³-hybridized carbons (Fsp3) is 0.333. The van der Waals surface area contributed by atoms with Gasteiger partial charge in [0.25, 0.3) is 0 Å². The van der Waals surface area contributed by atoms with E-state index in [0.29, 0.717) is 0 Å². The summed E-state index contributed by atoms with van der Waals surface area (Å²) in [6.07, 6.45) is 15.5. The maximum atomic E-state index is 3.77. The largest absolute Gasteiger partial charge is 1.00 e. The Bertz CT molecular complexity index is 346. The summed E-state index contributed by atoms with van der Waals surface area (Å²) >= 11 is 0. The van der Waals surface area contributed by atoms with Crippen molar-refractivity contribution in [2.75, 3.05) is 52.4 Å². The molecular weight excluding hydrogens is 354 g/mol. The third kappa shape index (κ3) is 13.8. The van der Waals surface area contributed by atoms with Crippen molar-refractivity contribution < 1.29 is 18.4 Å². The molecule has 0 N–H and O–H groups in total. The van der Waals surface area contributed by atoms with Crippen molar-refractivity contribution in [2.24, 2.45) is 0 Å². The minimum atomic E-state index is 0. The first-order valence-electron chi connectivity index (χ1n) is 9.06. The zero-order valence-corrected chi connectivity index (χ0v) is 17.6. The predicted octanol–water partition coefficient (Wildman–Crippen LogP) is -0.898. The second-order valence-electron chi connectivity index (χ2n) is 6.45. The Kier molecular flexibility index (Phi) is 25.0. The highest BCUT2D eigenvalue weighted by Crippen LogP contribution is 2.08. The highest BCUT2D eigenvalue weighted by atomic mass is 19.0. The first-order valence-corrected chi connectivity index (χ1v) is 9.06. The normalized spacial score (nSPS) is 9.71. The Hall–Kier alpha value is -2.30. The Labute approximate surface area is 172 Å². The third-order valence-corrected chi connectivity index (χ3v) is 4.13. The molecule has 0 saturated heterocycles. The van der Waals surface area contributed by atoms with E-state index in [2.05, 4.69) is 52.6 Å². The van der Waals surface area contributed by atoms with Gasteiger partial charge >= 0.3 is 0 Å². The molecule has 4 heteroatoms. The van der Waals surface area contributed by atoms with Gasteiger partial charge in [0.2, 0.25) is 0 Å². The fourth-order valence-electron chi connectivity index (χ4n) is 3.09. The van der Waals surface area contributed by atoms with Gasteiger partial charge in [0.05, 0.1) is 52.4 Å². The molecule has 0 fully saturated rings. The van der Waals surface area contributed by atoms with Crippen molar-refractivity contribution in [2.45, 2.75) is 0 Å². The molecule has 0 aliphatic carbocycles. The molecule has 0 aliphatic rings. The van der Waals surface area contributed by atoms with Crippen molar-refractivity contribution in [1.29, 1.82) is 0 Å². The van der Waals surface area contributed by atoms with Gasteiger partial charge in [0, 0.05) is 0 Å². The van der Waals surface area contributed by atoms with Crippen molar-refractivity contribution in [3.63, 3.8) is 0 Å². The zero-order valence-electron chi connectivity index (χ0n) is 17.6. The molecule has 0 aliphatic heterocycles. The summed E-state index contributed by atoms with van der Waals surface area (Å²) in [4.78, 5) is 0. The summed E-state index contributed by atoms with van der Waals surface area (Å²) in [6, 6.07) is 0. The highest BCUT2D eigenvalue weighted by molar-refractivity contribution is 4.80. The van der Waals surface area contributed by atoms with E-state index in [-0.39, 0.29) is 9.41 Å². The van der Waals surface area contributed by atoms with E-state index < -0.39 is 0 Å². The first-order chi connectivity index (χ1) is 12.5. The van der Waals surface area contributed by atoms with E-state index in [1.165, 1.54) is 0 Å². The minimum absolute atomic E-state index is 0. The van der Waals surface area contributed by atoms with Crippen LogP contribution in [0.5, 0.6) is 0 Å². The topological polar surface area (TPSA) is 0 Å². The lowest BCUT2D eigenvalue weighted by molar-refractivity contribution is -0.906. The number of quaternary nitrogens is 2. The van der Waals surface area contributed by atoms with Gasteiger partial charge in [-0.2, -0.15) is 0 Å². The highest BCUT2D eigenvalue weighted by Gasteiger charge is 2.21. The molecule has 0 atom stereocenters. The van der Waals surface area contributed by atoms with Crippen molar-refractivity contribution in [1.82, 2.24) is 0 Å². The van der Waals surface area contributed by atoms with Gasteiger partial charge in [-0.1, -0.05) is 52.6 Å². The van der Waals surface area contributed by atoms with Gasteiger partial charge in [0.1, 0.15) is 0 Å². The van der Waals surface area contributed by atoms with Crippen LogP contribution in [0.15, 0.2) is 101 Å². The maximum absolute atomic E-state index is 3.77. The van der Waals surface area contributed by atoms with Crippen LogP contribution < -0.4 is 9.41 Å². The van der Waals surface area contributed by atoms with Crippen LogP contribution in [-0.4, -0.2) is 61.3 Å². The molecular formula is C24H40F2N2. The van der Waals surface area contributed by atoms with Crippen LogP contribution in [0.25, 0.3) is 0 Å². The smallest absolute Gasteiger partial charge is 0.0978 e. The lowest BCUT2D eigenvalue weighted by Crippen LogP contribution is -3.00. The van der Waals surface area contributed by atoms with Crippen LogP contribution >= 0.6 is 0 Å². The second kappa shape index (κ2) is 21.0. The van der Waals surface area contributed by atoms with Crippen LogP contribution in [0.2, 0.25) is 0 Å². The van der Waals surface area contributed by atoms with Crippen LogP contribution in [0.4, 0.5) is 0 Å². The molecule has 0 spiro atoms. The van der Waals surface area contributed by atoms with Gasteiger partial charge in [-0.15, -0.1) is 0 Å². The average Bonchev–Trinajstić information content (AvgIpc) is 2.57. The Balaban J connectivity index is -0.000000192. The predicted molar refractivity (Wildman–Crippen MR) is 121 cm³/mol. The third-order valence-electron chi connectivity index (χ3n) is 4.13. The van der Waals surface area contributed by atoms with E-state index in [0.717, 1.165) is 61.3 Å². The van der Waals surface area contributed by atoms with Crippen molar-refractivity contribution in [3.8, 4) is 0 Å². The molecule has 0 unspecified atom stereocenters. The fourth-order valence-corrected chi connectivity index (χ4v) is 3.09. The number of halogens is 2. The molecule has 28 heavy (non-hydrogen) atoms. The van der Waals surface area contributed by atoms with Crippen LogP contribution in [0, 0.1) is 0 Å². The SMILES string of the molecule is C=CC[N+](CC=C)(CC=C)CC=C.C=CC[N+](CC=C)(CC=C)CC=C.[F-].[F-]. The van der Waals surface area contributed by atoms with Crippen LogP contribution in [-0.2, 0) is 0 Å². The van der Waals surface area contributed by atoms with Gasteiger partial charge in [0.15, 0.2) is 0 Å². The van der Waals surface area contributed by atoms with E-state index in [1.807, 2.05) is 48.6 Å². The summed E-state index contributed by atoms with van der Waals surface area (Å²) in [7, 11) is 0. The van der Waals surface area contributed by atoms with Crippen molar-refractivity contribution >= 4 is 0 Å². The Morgan fingerprint density at radius 3 is 0.500 bits per heavy atom. The lowest BCUT2D eigenvalue weighted by atomic mass is 10.3. The molecule has 0 heterocycles. The standard InChI is InChI=1S/2C12H20N.2FH/c2*1-5-9-13(10-6-2,11-7-3)12-8-4;;/h2*5-8H,1-4,9-12H2;2*1H/q2*+1;;/p-2. The number of hydrogen-bond donors (Lipinski definition) is 0. The molecule has 0 saturated carbocycles.